The molecule has 0 spiro atoms. The van der Waals surface area contributed by atoms with Crippen molar-refractivity contribution in [3.05, 3.63) is 23.8 Å². The van der Waals surface area contributed by atoms with Gasteiger partial charge in [-0.15, -0.1) is 0 Å². The number of ether oxygens (including phenoxy) is 1. The zero-order valence-corrected chi connectivity index (χ0v) is 14.2. The number of piperidine rings is 1. The van der Waals surface area contributed by atoms with E-state index in [9.17, 15) is 14.7 Å². The lowest BCUT2D eigenvalue weighted by atomic mass is 10.1. The Morgan fingerprint density at radius 2 is 2.00 bits per heavy atom. The summed E-state index contributed by atoms with van der Waals surface area (Å²) in [5, 5.41) is 12.7. The first-order valence-electron chi connectivity index (χ1n) is 8.62. The molecular weight excluding hydrogens is 308 g/mol. The van der Waals surface area contributed by atoms with E-state index < -0.39 is 5.97 Å². The van der Waals surface area contributed by atoms with Crippen LogP contribution in [0.25, 0.3) is 0 Å². The lowest BCUT2D eigenvalue weighted by molar-refractivity contribution is -0.116. The van der Waals surface area contributed by atoms with Crippen LogP contribution in [0.1, 0.15) is 49.4 Å². The minimum absolute atomic E-state index is 0.0960. The third-order valence-electron chi connectivity index (χ3n) is 4.04. The Balaban J connectivity index is 1.84. The number of anilines is 1. The Morgan fingerprint density at radius 3 is 2.67 bits per heavy atom. The fraction of sp³-hybridized carbons (Fsp3) is 0.556. The van der Waals surface area contributed by atoms with Gasteiger partial charge in [0.25, 0.3) is 0 Å². The summed E-state index contributed by atoms with van der Waals surface area (Å²) >= 11 is 0. The van der Waals surface area contributed by atoms with E-state index in [1.807, 2.05) is 6.92 Å². The zero-order chi connectivity index (χ0) is 17.4. The minimum atomic E-state index is -0.558. The van der Waals surface area contributed by atoms with E-state index in [0.29, 0.717) is 18.7 Å². The van der Waals surface area contributed by atoms with Gasteiger partial charge in [-0.2, -0.15) is 0 Å². The fourth-order valence-corrected chi connectivity index (χ4v) is 2.72. The molecule has 0 radical (unpaired) electrons. The van der Waals surface area contributed by atoms with Gasteiger partial charge in [-0.05, 0) is 44.5 Å². The molecule has 1 saturated heterocycles. The van der Waals surface area contributed by atoms with Gasteiger partial charge in [0.1, 0.15) is 11.3 Å². The second-order valence-electron chi connectivity index (χ2n) is 6.07. The molecule has 1 aromatic carbocycles. The molecule has 0 bridgehead atoms. The smallest absolute Gasteiger partial charge is 0.341 e. The van der Waals surface area contributed by atoms with Crippen molar-refractivity contribution in [2.24, 2.45) is 0 Å². The monoisotopic (exact) mass is 334 g/mol. The lowest BCUT2D eigenvalue weighted by Gasteiger charge is -2.25. The number of nitrogens with one attached hydrogen (secondary N) is 1. The van der Waals surface area contributed by atoms with E-state index in [-0.39, 0.29) is 17.2 Å². The molecule has 2 rings (SSSR count). The third-order valence-corrected chi connectivity index (χ3v) is 4.04. The Morgan fingerprint density at radius 1 is 1.25 bits per heavy atom. The molecule has 0 aromatic heterocycles. The number of phenols is 1. The highest BCUT2D eigenvalue weighted by Crippen LogP contribution is 2.23. The SMILES string of the molecule is CCCOC(=O)c1ccc(NC(=O)CCN2CCCCC2)cc1O. The molecule has 2 N–H and O–H groups in total. The topological polar surface area (TPSA) is 78.9 Å². The summed E-state index contributed by atoms with van der Waals surface area (Å²) in [7, 11) is 0. The Hall–Kier alpha value is -2.08. The van der Waals surface area contributed by atoms with E-state index in [0.717, 1.165) is 26.1 Å². The molecule has 1 amide bonds. The summed E-state index contributed by atoms with van der Waals surface area (Å²) in [5.41, 5.74) is 0.581. The maximum atomic E-state index is 12.0. The summed E-state index contributed by atoms with van der Waals surface area (Å²) in [4.78, 5) is 26.1. The molecular formula is C18H26N2O4. The largest absolute Gasteiger partial charge is 0.507 e. The van der Waals surface area contributed by atoms with Crippen molar-refractivity contribution >= 4 is 17.6 Å². The highest BCUT2D eigenvalue weighted by atomic mass is 16.5. The van der Waals surface area contributed by atoms with Gasteiger partial charge in [-0.3, -0.25) is 4.79 Å². The van der Waals surface area contributed by atoms with Crippen molar-refractivity contribution < 1.29 is 19.4 Å². The number of phenolic OH excluding ortho intramolecular Hbond substituents is 1. The number of esters is 1. The molecule has 1 aliphatic heterocycles. The number of carbonyl (C=O) groups is 2. The number of rotatable bonds is 7. The molecule has 1 fully saturated rings. The van der Waals surface area contributed by atoms with Crippen LogP contribution >= 0.6 is 0 Å². The van der Waals surface area contributed by atoms with E-state index in [2.05, 4.69) is 10.2 Å². The van der Waals surface area contributed by atoms with Crippen molar-refractivity contribution in [2.45, 2.75) is 39.0 Å². The maximum Gasteiger partial charge on any atom is 0.341 e. The van der Waals surface area contributed by atoms with Gasteiger partial charge >= 0.3 is 5.97 Å². The Labute approximate surface area is 142 Å². The normalized spacial score (nSPS) is 15.0. The molecule has 6 heteroatoms. The quantitative estimate of drug-likeness (QED) is 0.750. The summed E-state index contributed by atoms with van der Waals surface area (Å²) in [5.74, 6) is -0.844. The number of benzene rings is 1. The van der Waals surface area contributed by atoms with Crippen LogP contribution in [-0.4, -0.2) is 48.1 Å². The minimum Gasteiger partial charge on any atom is -0.507 e. The van der Waals surface area contributed by atoms with E-state index in [1.54, 1.807) is 6.07 Å². The fourth-order valence-electron chi connectivity index (χ4n) is 2.72. The molecule has 6 nitrogen and oxygen atoms in total. The predicted octanol–water partition coefficient (Wildman–Crippen LogP) is 2.77. The van der Waals surface area contributed by atoms with E-state index in [1.165, 1.54) is 31.4 Å². The Kier molecular flexibility index (Phi) is 7.06. The summed E-state index contributed by atoms with van der Waals surface area (Å²) in [6.07, 6.45) is 4.81. The standard InChI is InChI=1S/C18H26N2O4/c1-2-12-24-18(23)15-7-6-14(13-16(15)21)19-17(22)8-11-20-9-4-3-5-10-20/h6-7,13,21H,2-5,8-12H2,1H3,(H,19,22). The summed E-state index contributed by atoms with van der Waals surface area (Å²) in [6, 6.07) is 4.44. The first-order chi connectivity index (χ1) is 11.6. The highest BCUT2D eigenvalue weighted by molar-refractivity contribution is 5.95. The molecule has 132 valence electrons. The molecule has 0 atom stereocenters. The second kappa shape index (κ2) is 9.27. The summed E-state index contributed by atoms with van der Waals surface area (Å²) < 4.78 is 4.99. The van der Waals surface area contributed by atoms with E-state index >= 15 is 0 Å². The zero-order valence-electron chi connectivity index (χ0n) is 14.2. The molecule has 0 aliphatic carbocycles. The number of likely N-dealkylation sites (tertiary alicyclic amines) is 1. The first-order valence-corrected chi connectivity index (χ1v) is 8.62. The van der Waals surface area contributed by atoms with Crippen LogP contribution in [0.15, 0.2) is 18.2 Å². The number of amides is 1. The molecule has 1 heterocycles. The van der Waals surface area contributed by atoms with Crippen LogP contribution in [0, 0.1) is 0 Å². The van der Waals surface area contributed by atoms with Gasteiger partial charge in [0, 0.05) is 24.7 Å². The van der Waals surface area contributed by atoms with Crippen LogP contribution < -0.4 is 5.32 Å². The van der Waals surface area contributed by atoms with Crippen molar-refractivity contribution in [1.29, 1.82) is 0 Å². The summed E-state index contributed by atoms with van der Waals surface area (Å²) in [6.45, 7) is 5.08. The number of nitrogens with zero attached hydrogens (tertiary/aromatic N) is 1. The molecule has 24 heavy (non-hydrogen) atoms. The molecule has 1 aliphatic rings. The van der Waals surface area contributed by atoms with Gasteiger partial charge in [-0.25, -0.2) is 4.79 Å². The lowest BCUT2D eigenvalue weighted by Crippen LogP contribution is -2.32. The average molecular weight is 334 g/mol. The van der Waals surface area contributed by atoms with Gasteiger partial charge < -0.3 is 20.1 Å². The van der Waals surface area contributed by atoms with Crippen LogP contribution in [0.2, 0.25) is 0 Å². The third kappa shape index (κ3) is 5.53. The number of hydrogen-bond donors (Lipinski definition) is 2. The molecule has 1 aromatic rings. The number of aromatic hydroxyl groups is 1. The van der Waals surface area contributed by atoms with Crippen LogP contribution in [0.5, 0.6) is 5.75 Å². The molecule has 0 saturated carbocycles. The van der Waals surface area contributed by atoms with Crippen molar-refractivity contribution in [3.63, 3.8) is 0 Å². The van der Waals surface area contributed by atoms with Crippen LogP contribution in [0.4, 0.5) is 5.69 Å². The average Bonchev–Trinajstić information content (AvgIpc) is 2.59. The maximum absolute atomic E-state index is 12.0. The van der Waals surface area contributed by atoms with Crippen LogP contribution in [0.3, 0.4) is 0 Å². The molecule has 0 unspecified atom stereocenters. The first kappa shape index (κ1) is 18.3. The highest BCUT2D eigenvalue weighted by Gasteiger charge is 2.15. The van der Waals surface area contributed by atoms with Crippen LogP contribution in [-0.2, 0) is 9.53 Å². The van der Waals surface area contributed by atoms with Crippen molar-refractivity contribution in [3.8, 4) is 5.75 Å². The van der Waals surface area contributed by atoms with Gasteiger partial charge in [0.15, 0.2) is 0 Å². The van der Waals surface area contributed by atoms with Crippen molar-refractivity contribution in [1.82, 2.24) is 4.90 Å². The second-order valence-corrected chi connectivity index (χ2v) is 6.07. The number of hydrogen-bond acceptors (Lipinski definition) is 5. The Bertz CT molecular complexity index is 568. The van der Waals surface area contributed by atoms with Gasteiger partial charge in [-0.1, -0.05) is 13.3 Å². The van der Waals surface area contributed by atoms with Gasteiger partial charge in [0.05, 0.1) is 6.61 Å². The van der Waals surface area contributed by atoms with Gasteiger partial charge in [0.2, 0.25) is 5.91 Å². The number of carbonyl (C=O) groups excluding carboxylic acids is 2. The van der Waals surface area contributed by atoms with E-state index in [4.69, 9.17) is 4.74 Å². The van der Waals surface area contributed by atoms with Crippen molar-refractivity contribution in [2.75, 3.05) is 31.6 Å². The predicted molar refractivity (Wildman–Crippen MR) is 92.2 cm³/mol.